The van der Waals surface area contributed by atoms with E-state index in [1.807, 2.05) is 26.8 Å². The van der Waals surface area contributed by atoms with Gasteiger partial charge in [0.15, 0.2) is 17.6 Å². The number of carboxylic acid groups (broad SMARTS) is 3. The lowest BCUT2D eigenvalue weighted by Crippen LogP contribution is -2.41. The molecule has 1 aliphatic heterocycles. The van der Waals surface area contributed by atoms with Crippen molar-refractivity contribution in [2.45, 2.75) is 39.8 Å². The highest BCUT2D eigenvalue weighted by Gasteiger charge is 2.43. The third-order valence-corrected chi connectivity index (χ3v) is 8.47. The highest BCUT2D eigenvalue weighted by molar-refractivity contribution is 6.42. The minimum atomic E-state index is -1.13. The summed E-state index contributed by atoms with van der Waals surface area (Å²) in [5, 5.41) is 30.7. The number of carbonyl (C=O) groups excluding carboxylic acids is 1. The van der Waals surface area contributed by atoms with Crippen LogP contribution in [-0.4, -0.2) is 79.2 Å². The van der Waals surface area contributed by atoms with E-state index in [0.29, 0.717) is 11.1 Å². The van der Waals surface area contributed by atoms with Crippen molar-refractivity contribution in [1.29, 1.82) is 0 Å². The summed E-state index contributed by atoms with van der Waals surface area (Å²) in [6, 6.07) is 8.03. The molecular weight excluding hydrogens is 752 g/mol. The fraction of sp³-hybridized carbons (Fsp3) is 0.273. The number of aliphatic carboxylic acids is 1. The Bertz CT molecular complexity index is 2030. The number of ether oxygens (including phenoxy) is 2. The summed E-state index contributed by atoms with van der Waals surface area (Å²) in [5.74, 6) is -3.44. The third-order valence-electron chi connectivity index (χ3n) is 7.21. The number of carboxylic acids is 3. The molecule has 0 saturated carbocycles. The maximum Gasteiger partial charge on any atom is 0.341 e. The molecule has 18 heteroatoms. The molecule has 4 heterocycles. The molecule has 4 N–H and O–H groups in total. The first-order chi connectivity index (χ1) is 23.9. The molecule has 5 rings (SSSR count). The van der Waals surface area contributed by atoms with Gasteiger partial charge in [-0.25, -0.2) is 19.4 Å². The number of fused-ring (bicyclic) bond motifs is 1. The molecule has 3 aromatic heterocycles. The Morgan fingerprint density at radius 2 is 1.63 bits per heavy atom. The average molecular weight is 783 g/mol. The molecular formula is C33H31Cl4N5O9. The number of aromatic carboxylic acids is 2. The number of hydrogen-bond donors (Lipinski definition) is 4. The number of rotatable bonds is 9. The maximum atomic E-state index is 12.2. The van der Waals surface area contributed by atoms with Gasteiger partial charge in [-0.1, -0.05) is 66.3 Å². The van der Waals surface area contributed by atoms with Crippen LogP contribution in [0.15, 0.2) is 47.7 Å². The number of halogens is 4. The van der Waals surface area contributed by atoms with Gasteiger partial charge in [-0.15, -0.1) is 0 Å². The van der Waals surface area contributed by atoms with Crippen LogP contribution in [0.3, 0.4) is 0 Å². The van der Waals surface area contributed by atoms with E-state index in [-0.39, 0.29) is 67.2 Å². The van der Waals surface area contributed by atoms with Crippen LogP contribution in [0.4, 0.5) is 0 Å². The largest absolute Gasteiger partial charge is 0.479 e. The molecule has 1 unspecified atom stereocenters. The number of hydrogen-bond acceptors (Lipinski definition) is 10. The van der Waals surface area contributed by atoms with Crippen molar-refractivity contribution in [2.24, 2.45) is 10.9 Å². The number of benzene rings is 1. The second-order valence-corrected chi connectivity index (χ2v) is 12.8. The number of carbonyl (C=O) groups is 4. The molecule has 1 aromatic carbocycles. The lowest BCUT2D eigenvalue weighted by atomic mass is 9.89. The summed E-state index contributed by atoms with van der Waals surface area (Å²) >= 11 is 22.6. The molecule has 270 valence electrons. The fourth-order valence-electron chi connectivity index (χ4n) is 4.30. The molecule has 0 radical (unpaired) electrons. The molecule has 0 saturated heterocycles. The molecule has 4 aromatic rings. The van der Waals surface area contributed by atoms with Gasteiger partial charge in [-0.2, -0.15) is 4.98 Å². The summed E-state index contributed by atoms with van der Waals surface area (Å²) in [6.45, 7) is 7.13. The van der Waals surface area contributed by atoms with Crippen molar-refractivity contribution >= 4 is 87.0 Å². The highest BCUT2D eigenvalue weighted by Crippen LogP contribution is 2.31. The zero-order valence-corrected chi connectivity index (χ0v) is 30.6. The normalized spacial score (nSPS) is 14.9. The molecule has 0 spiro atoms. The van der Waals surface area contributed by atoms with Crippen LogP contribution in [0, 0.1) is 12.8 Å². The number of aryl methyl sites for hydroxylation is 1. The molecule has 14 nitrogen and oxygen atoms in total. The van der Waals surface area contributed by atoms with Crippen LogP contribution in [0.1, 0.15) is 58.3 Å². The minimum Gasteiger partial charge on any atom is -0.479 e. The van der Waals surface area contributed by atoms with E-state index in [1.54, 1.807) is 25.3 Å². The van der Waals surface area contributed by atoms with E-state index in [2.05, 4.69) is 25.3 Å². The quantitative estimate of drug-likeness (QED) is 0.132. The second-order valence-electron chi connectivity index (χ2n) is 11.2. The Labute approximate surface area is 311 Å². The lowest BCUT2D eigenvalue weighted by Gasteiger charge is -2.21. The average Bonchev–Trinajstić information content (AvgIpc) is 3.37. The van der Waals surface area contributed by atoms with Gasteiger partial charge in [0.05, 0.1) is 27.7 Å². The number of aliphatic imine (C=N–C) groups is 1. The van der Waals surface area contributed by atoms with E-state index >= 15 is 0 Å². The molecule has 1 atom stereocenters. The summed E-state index contributed by atoms with van der Waals surface area (Å²) in [5.41, 5.74) is 1.35. The third kappa shape index (κ3) is 10.2. The SMILES string of the molecule is COCc1cnc(C2=NC(C)(C(C)C)C(=O)N2)c(C(=O)O)c1.Cc1cnc2c(C(=O)O)c(Cl)ccc2c1.O=C(O)COc1nc(Cl)c(Cl)cc1Cl. The number of amidine groups is 1. The Balaban J connectivity index is 0.000000214. The predicted molar refractivity (Wildman–Crippen MR) is 191 cm³/mol. The summed E-state index contributed by atoms with van der Waals surface area (Å²) in [6.07, 6.45) is 3.15. The van der Waals surface area contributed by atoms with E-state index in [9.17, 15) is 24.3 Å². The molecule has 0 aliphatic carbocycles. The Kier molecular flexibility index (Phi) is 14.1. The standard InChI is InChI=1S/C15H19N3O4.C11H8ClNO2.C7H4Cl3NO3/c1-8(2)15(3)14(21)17-12(18-15)11-10(13(19)20)5-9(6-16-11)7-22-4;1-6-4-7-2-3-8(12)9(11(14)15)10(7)13-5-6;8-3-1-4(9)7(11-6(3)10)14-2-5(12)13/h5-6,8H,7H2,1-4H3,(H,19,20)(H,17,18,21);2-5H,1H3,(H,14,15);1H,2H2,(H,12,13). The zero-order chi connectivity index (χ0) is 38.2. The van der Waals surface area contributed by atoms with Crippen molar-refractivity contribution < 1.29 is 44.0 Å². The first-order valence-corrected chi connectivity index (χ1v) is 16.2. The minimum absolute atomic E-state index is 0.0106. The monoisotopic (exact) mass is 781 g/mol. The first kappa shape index (κ1) is 40.8. The summed E-state index contributed by atoms with van der Waals surface area (Å²) in [7, 11) is 1.52. The Hall–Kier alpha value is -4.60. The Morgan fingerprint density at radius 1 is 0.941 bits per heavy atom. The zero-order valence-electron chi connectivity index (χ0n) is 27.6. The van der Waals surface area contributed by atoms with Crippen LogP contribution >= 0.6 is 46.4 Å². The molecule has 0 bridgehead atoms. The van der Waals surface area contributed by atoms with Crippen LogP contribution in [0.2, 0.25) is 20.2 Å². The van der Waals surface area contributed by atoms with Gasteiger partial charge in [-0.3, -0.25) is 14.8 Å². The van der Waals surface area contributed by atoms with E-state index in [0.717, 1.165) is 10.9 Å². The Morgan fingerprint density at radius 3 is 2.20 bits per heavy atom. The van der Waals surface area contributed by atoms with Crippen molar-refractivity contribution in [2.75, 3.05) is 13.7 Å². The van der Waals surface area contributed by atoms with E-state index in [4.69, 9.17) is 66.1 Å². The number of nitrogens with zero attached hydrogens (tertiary/aromatic N) is 4. The van der Waals surface area contributed by atoms with Crippen molar-refractivity contribution in [1.82, 2.24) is 20.3 Å². The van der Waals surface area contributed by atoms with Gasteiger partial charge >= 0.3 is 17.9 Å². The van der Waals surface area contributed by atoms with Crippen molar-refractivity contribution in [3.8, 4) is 5.88 Å². The number of nitrogens with one attached hydrogen (secondary N) is 1. The van der Waals surface area contributed by atoms with Gasteiger partial charge < -0.3 is 30.1 Å². The number of pyridine rings is 3. The molecule has 1 amide bonds. The van der Waals surface area contributed by atoms with Crippen LogP contribution < -0.4 is 10.1 Å². The van der Waals surface area contributed by atoms with Crippen molar-refractivity contribution in [3.05, 3.63) is 90.9 Å². The topological polar surface area (TPSA) is 210 Å². The fourth-order valence-corrected chi connectivity index (χ4v) is 5.08. The lowest BCUT2D eigenvalue weighted by molar-refractivity contribution is -0.139. The van der Waals surface area contributed by atoms with E-state index in [1.165, 1.54) is 25.4 Å². The van der Waals surface area contributed by atoms with Gasteiger partial charge in [0.25, 0.3) is 5.91 Å². The molecule has 0 fully saturated rings. The van der Waals surface area contributed by atoms with Crippen LogP contribution in [0.5, 0.6) is 5.88 Å². The van der Waals surface area contributed by atoms with Gasteiger partial charge in [0.2, 0.25) is 5.88 Å². The number of methoxy groups -OCH3 is 1. The smallest absolute Gasteiger partial charge is 0.341 e. The molecule has 1 aliphatic rings. The second kappa shape index (κ2) is 17.6. The maximum absolute atomic E-state index is 12.2. The summed E-state index contributed by atoms with van der Waals surface area (Å²) < 4.78 is 9.73. The van der Waals surface area contributed by atoms with Crippen molar-refractivity contribution in [3.63, 3.8) is 0 Å². The number of aromatic nitrogens is 3. The summed E-state index contributed by atoms with van der Waals surface area (Å²) in [4.78, 5) is 61.1. The molecule has 51 heavy (non-hydrogen) atoms. The van der Waals surface area contributed by atoms with Crippen LogP contribution in [0.25, 0.3) is 10.9 Å². The predicted octanol–water partition coefficient (Wildman–Crippen LogP) is 6.62. The van der Waals surface area contributed by atoms with Crippen LogP contribution in [-0.2, 0) is 20.9 Å². The highest BCUT2D eigenvalue weighted by atomic mass is 35.5. The number of amides is 1. The first-order valence-electron chi connectivity index (χ1n) is 14.7. The van der Waals surface area contributed by atoms with E-state index < -0.39 is 30.1 Å². The van der Waals surface area contributed by atoms with Gasteiger partial charge in [0.1, 0.15) is 21.8 Å². The van der Waals surface area contributed by atoms with Gasteiger partial charge in [-0.05, 0) is 55.2 Å². The van der Waals surface area contributed by atoms with Gasteiger partial charge in [0, 0.05) is 24.9 Å².